The van der Waals surface area contributed by atoms with E-state index in [2.05, 4.69) is 21.2 Å². The number of halogens is 4. The Labute approximate surface area is 130 Å². The van der Waals surface area contributed by atoms with Crippen LogP contribution in [0.3, 0.4) is 0 Å². The third-order valence-electron chi connectivity index (χ3n) is 3.08. The molecule has 5 heteroatoms. The van der Waals surface area contributed by atoms with Gasteiger partial charge in [-0.05, 0) is 65.2 Å². The van der Waals surface area contributed by atoms with E-state index in [1.807, 2.05) is 13.8 Å². The quantitative estimate of drug-likeness (QED) is 0.722. The summed E-state index contributed by atoms with van der Waals surface area (Å²) in [6.07, 6.45) is 0. The number of anilines is 1. The van der Waals surface area contributed by atoms with Gasteiger partial charge in [0.15, 0.2) is 0 Å². The first-order valence-electron chi connectivity index (χ1n) is 6.05. The fourth-order valence-corrected chi connectivity index (χ4v) is 2.55. The standard InChI is InChI=1S/C15H13BrClF2N/c1-8-5-11(16)14(19)7-15(8)20-9(2)10-3-4-13(18)12(17)6-10/h3-7,9,20H,1-2H3. The number of benzene rings is 2. The lowest BCUT2D eigenvalue weighted by Crippen LogP contribution is -2.08. The second-order valence-electron chi connectivity index (χ2n) is 4.62. The van der Waals surface area contributed by atoms with E-state index in [0.29, 0.717) is 10.2 Å². The molecule has 2 aromatic carbocycles. The maximum atomic E-state index is 13.6. The van der Waals surface area contributed by atoms with Crippen molar-refractivity contribution in [3.63, 3.8) is 0 Å². The van der Waals surface area contributed by atoms with Gasteiger partial charge in [0, 0.05) is 11.7 Å². The van der Waals surface area contributed by atoms with Gasteiger partial charge in [-0.15, -0.1) is 0 Å². The van der Waals surface area contributed by atoms with Crippen LogP contribution in [0.5, 0.6) is 0 Å². The minimum atomic E-state index is -0.450. The van der Waals surface area contributed by atoms with E-state index in [-0.39, 0.29) is 16.9 Å². The monoisotopic (exact) mass is 359 g/mol. The van der Waals surface area contributed by atoms with E-state index < -0.39 is 5.82 Å². The molecule has 106 valence electrons. The zero-order chi connectivity index (χ0) is 14.9. The van der Waals surface area contributed by atoms with E-state index in [4.69, 9.17) is 11.6 Å². The molecule has 0 heterocycles. The van der Waals surface area contributed by atoms with Gasteiger partial charge in [-0.1, -0.05) is 17.7 Å². The van der Waals surface area contributed by atoms with Crippen LogP contribution >= 0.6 is 27.5 Å². The van der Waals surface area contributed by atoms with Crippen molar-refractivity contribution in [2.24, 2.45) is 0 Å². The first kappa shape index (κ1) is 15.3. The lowest BCUT2D eigenvalue weighted by Gasteiger charge is -2.18. The third-order valence-corrected chi connectivity index (χ3v) is 3.98. The van der Waals surface area contributed by atoms with Crippen LogP contribution in [0.1, 0.15) is 24.1 Å². The molecule has 1 unspecified atom stereocenters. The topological polar surface area (TPSA) is 12.0 Å². The summed E-state index contributed by atoms with van der Waals surface area (Å²) in [7, 11) is 0. The van der Waals surface area contributed by atoms with Crippen molar-refractivity contribution in [2.45, 2.75) is 19.9 Å². The molecule has 0 aliphatic carbocycles. The molecule has 2 rings (SSSR count). The van der Waals surface area contributed by atoms with Gasteiger partial charge in [0.25, 0.3) is 0 Å². The van der Waals surface area contributed by atoms with Crippen LogP contribution in [-0.2, 0) is 0 Å². The van der Waals surface area contributed by atoms with E-state index >= 15 is 0 Å². The van der Waals surface area contributed by atoms with Crippen LogP contribution in [0.4, 0.5) is 14.5 Å². The molecule has 0 bridgehead atoms. The van der Waals surface area contributed by atoms with Gasteiger partial charge >= 0.3 is 0 Å². The van der Waals surface area contributed by atoms with E-state index in [1.165, 1.54) is 12.1 Å². The van der Waals surface area contributed by atoms with Crippen LogP contribution in [-0.4, -0.2) is 0 Å². The van der Waals surface area contributed by atoms with Gasteiger partial charge in [-0.2, -0.15) is 0 Å². The Balaban J connectivity index is 2.25. The third kappa shape index (κ3) is 3.30. The summed E-state index contributed by atoms with van der Waals surface area (Å²) in [5.41, 5.74) is 2.44. The number of hydrogen-bond acceptors (Lipinski definition) is 1. The Bertz CT molecular complexity index is 646. The first-order chi connectivity index (χ1) is 9.38. The zero-order valence-electron chi connectivity index (χ0n) is 11.0. The Morgan fingerprint density at radius 3 is 2.50 bits per heavy atom. The Morgan fingerprint density at radius 1 is 1.15 bits per heavy atom. The average molecular weight is 361 g/mol. The number of hydrogen-bond donors (Lipinski definition) is 1. The summed E-state index contributed by atoms with van der Waals surface area (Å²) < 4.78 is 27.1. The van der Waals surface area contributed by atoms with Crippen molar-refractivity contribution in [3.05, 3.63) is 62.6 Å². The fraction of sp³-hybridized carbons (Fsp3) is 0.200. The number of nitrogens with one attached hydrogen (secondary N) is 1. The minimum absolute atomic E-state index is 0.0786. The van der Waals surface area contributed by atoms with Crippen molar-refractivity contribution < 1.29 is 8.78 Å². The van der Waals surface area contributed by atoms with Crippen molar-refractivity contribution >= 4 is 33.2 Å². The van der Waals surface area contributed by atoms with Gasteiger partial charge in [0.05, 0.1) is 9.50 Å². The van der Waals surface area contributed by atoms with E-state index in [1.54, 1.807) is 18.2 Å². The lowest BCUT2D eigenvalue weighted by atomic mass is 10.1. The average Bonchev–Trinajstić information content (AvgIpc) is 2.39. The summed E-state index contributed by atoms with van der Waals surface area (Å²) >= 11 is 8.92. The van der Waals surface area contributed by atoms with Gasteiger partial charge in [-0.25, -0.2) is 8.78 Å². The normalized spacial score (nSPS) is 12.3. The Morgan fingerprint density at radius 2 is 1.85 bits per heavy atom. The van der Waals surface area contributed by atoms with Gasteiger partial charge in [0.1, 0.15) is 11.6 Å². The van der Waals surface area contributed by atoms with Crippen LogP contribution in [0.25, 0.3) is 0 Å². The van der Waals surface area contributed by atoms with Crippen LogP contribution in [0.2, 0.25) is 5.02 Å². The van der Waals surface area contributed by atoms with Crippen molar-refractivity contribution in [1.29, 1.82) is 0 Å². The predicted octanol–water partition coefficient (Wildman–Crippen LogP) is 5.86. The minimum Gasteiger partial charge on any atom is -0.378 e. The summed E-state index contributed by atoms with van der Waals surface area (Å²) in [5, 5.41) is 3.28. The van der Waals surface area contributed by atoms with Crippen LogP contribution in [0, 0.1) is 18.6 Å². The SMILES string of the molecule is Cc1cc(Br)c(F)cc1NC(C)c1ccc(F)c(Cl)c1. The summed E-state index contributed by atoms with van der Waals surface area (Å²) in [5.74, 6) is -0.782. The predicted molar refractivity (Wildman–Crippen MR) is 82.3 cm³/mol. The molecule has 0 aromatic heterocycles. The maximum Gasteiger partial charge on any atom is 0.141 e. The molecular formula is C15H13BrClF2N. The molecule has 1 atom stereocenters. The largest absolute Gasteiger partial charge is 0.378 e. The highest BCUT2D eigenvalue weighted by Crippen LogP contribution is 2.28. The Kier molecular flexibility index (Phi) is 4.66. The molecule has 0 aliphatic heterocycles. The summed E-state index contributed by atoms with van der Waals surface area (Å²) in [6.45, 7) is 3.79. The van der Waals surface area contributed by atoms with Crippen LogP contribution < -0.4 is 5.32 Å². The van der Waals surface area contributed by atoms with Gasteiger partial charge < -0.3 is 5.32 Å². The number of aryl methyl sites for hydroxylation is 1. The molecule has 0 fully saturated rings. The summed E-state index contributed by atoms with van der Waals surface area (Å²) in [6, 6.07) is 7.57. The molecule has 0 radical (unpaired) electrons. The molecule has 20 heavy (non-hydrogen) atoms. The molecule has 0 saturated carbocycles. The molecule has 0 aliphatic rings. The summed E-state index contributed by atoms with van der Waals surface area (Å²) in [4.78, 5) is 0. The second kappa shape index (κ2) is 6.10. The zero-order valence-corrected chi connectivity index (χ0v) is 13.3. The van der Waals surface area contributed by atoms with Gasteiger partial charge in [0.2, 0.25) is 0 Å². The fourth-order valence-electron chi connectivity index (χ4n) is 1.90. The van der Waals surface area contributed by atoms with Crippen molar-refractivity contribution in [1.82, 2.24) is 0 Å². The maximum absolute atomic E-state index is 13.6. The smallest absolute Gasteiger partial charge is 0.141 e. The lowest BCUT2D eigenvalue weighted by molar-refractivity contribution is 0.620. The highest BCUT2D eigenvalue weighted by Gasteiger charge is 2.11. The molecule has 1 nitrogen and oxygen atoms in total. The molecule has 0 saturated heterocycles. The highest BCUT2D eigenvalue weighted by atomic mass is 79.9. The second-order valence-corrected chi connectivity index (χ2v) is 5.88. The first-order valence-corrected chi connectivity index (χ1v) is 7.22. The highest BCUT2D eigenvalue weighted by molar-refractivity contribution is 9.10. The van der Waals surface area contributed by atoms with Crippen molar-refractivity contribution in [3.8, 4) is 0 Å². The van der Waals surface area contributed by atoms with E-state index in [0.717, 1.165) is 11.1 Å². The molecule has 0 amide bonds. The van der Waals surface area contributed by atoms with Crippen molar-refractivity contribution in [2.75, 3.05) is 5.32 Å². The molecule has 0 spiro atoms. The van der Waals surface area contributed by atoms with E-state index in [9.17, 15) is 8.78 Å². The molecular weight excluding hydrogens is 348 g/mol. The van der Waals surface area contributed by atoms with Gasteiger partial charge in [-0.3, -0.25) is 0 Å². The molecule has 1 N–H and O–H groups in total. The Hall–Kier alpha value is -1.13. The van der Waals surface area contributed by atoms with Crippen LogP contribution in [0.15, 0.2) is 34.8 Å². The molecule has 2 aromatic rings. The number of rotatable bonds is 3.